The molecule has 4 nitrogen and oxygen atoms in total. The highest BCUT2D eigenvalue weighted by molar-refractivity contribution is 6.35. The van der Waals surface area contributed by atoms with Crippen LogP contribution in [-0.2, 0) is 11.3 Å². The van der Waals surface area contributed by atoms with E-state index < -0.39 is 6.35 Å². The molecule has 6 heteroatoms. The second kappa shape index (κ2) is 6.16. The van der Waals surface area contributed by atoms with Gasteiger partial charge in [0, 0.05) is 16.8 Å². The van der Waals surface area contributed by atoms with E-state index >= 15 is 0 Å². The van der Waals surface area contributed by atoms with E-state index in [0.29, 0.717) is 16.6 Å². The predicted molar refractivity (Wildman–Crippen MR) is 87.9 cm³/mol. The van der Waals surface area contributed by atoms with Crippen LogP contribution in [0.5, 0.6) is 0 Å². The fourth-order valence-corrected chi connectivity index (χ4v) is 2.99. The van der Waals surface area contributed by atoms with E-state index in [-0.39, 0.29) is 0 Å². The van der Waals surface area contributed by atoms with Crippen LogP contribution in [0.25, 0.3) is 5.70 Å². The summed E-state index contributed by atoms with van der Waals surface area (Å²) in [4.78, 5) is 6.27. The Labute approximate surface area is 139 Å². The van der Waals surface area contributed by atoms with E-state index in [4.69, 9.17) is 33.7 Å². The molecule has 1 aliphatic heterocycles. The number of hydrogen-bond donors (Lipinski definition) is 1. The molecule has 2 aromatic rings. The van der Waals surface area contributed by atoms with Crippen LogP contribution >= 0.6 is 23.2 Å². The van der Waals surface area contributed by atoms with E-state index in [2.05, 4.69) is 4.98 Å². The molecule has 1 aliphatic rings. The number of rotatable bonds is 3. The highest BCUT2D eigenvalue weighted by Gasteiger charge is 2.31. The largest absolute Gasteiger partial charge is 0.460 e. The van der Waals surface area contributed by atoms with E-state index in [1.807, 2.05) is 36.1 Å². The lowest BCUT2D eigenvalue weighted by atomic mass is 10.1. The molecule has 0 saturated heterocycles. The zero-order valence-electron chi connectivity index (χ0n) is 12.0. The molecule has 1 aromatic carbocycles. The Morgan fingerprint density at radius 3 is 2.77 bits per heavy atom. The van der Waals surface area contributed by atoms with Crippen LogP contribution in [0.1, 0.15) is 18.2 Å². The van der Waals surface area contributed by atoms with Crippen molar-refractivity contribution in [2.24, 2.45) is 5.73 Å². The van der Waals surface area contributed by atoms with Crippen LogP contribution in [0.2, 0.25) is 10.0 Å². The highest BCUT2D eigenvalue weighted by atomic mass is 35.5. The lowest BCUT2D eigenvalue weighted by Crippen LogP contribution is -2.37. The van der Waals surface area contributed by atoms with Gasteiger partial charge in [-0.2, -0.15) is 0 Å². The molecule has 0 fully saturated rings. The Morgan fingerprint density at radius 1 is 1.27 bits per heavy atom. The molecule has 1 atom stereocenters. The van der Waals surface area contributed by atoms with Crippen molar-refractivity contribution in [3.63, 3.8) is 0 Å². The molecule has 2 N–H and O–H groups in total. The molecule has 22 heavy (non-hydrogen) atoms. The Hall–Kier alpha value is -1.75. The number of ether oxygens (including phenoxy) is 1. The molecular formula is C16H15Cl2N3O. The lowest BCUT2D eigenvalue weighted by Gasteiger charge is -2.25. The van der Waals surface area contributed by atoms with Crippen LogP contribution in [0.15, 0.2) is 48.4 Å². The number of halogens is 2. The fraction of sp³-hybridized carbons (Fsp3) is 0.188. The van der Waals surface area contributed by atoms with Crippen molar-refractivity contribution in [2.75, 3.05) is 0 Å². The molecule has 0 spiro atoms. The standard InChI is InChI=1S/C16H15Cl2N3O/c1-10-15(13-6-5-11(17)8-14(13)18)21(16(19)22-10)9-12-4-2-3-7-20-12/h2-8,16H,9,19H2,1H3. The van der Waals surface area contributed by atoms with E-state index in [1.54, 1.807) is 18.3 Å². The minimum absolute atomic E-state index is 0.535. The smallest absolute Gasteiger partial charge is 0.227 e. The molecule has 2 heterocycles. The maximum Gasteiger partial charge on any atom is 0.227 e. The summed E-state index contributed by atoms with van der Waals surface area (Å²) in [6.07, 6.45) is 1.19. The highest BCUT2D eigenvalue weighted by Crippen LogP contribution is 2.37. The SMILES string of the molecule is CC1=C(c2ccc(Cl)cc2Cl)N(Cc2ccccn2)C(N)O1. The van der Waals surface area contributed by atoms with Crippen molar-refractivity contribution in [1.29, 1.82) is 0 Å². The number of benzene rings is 1. The number of hydrogen-bond acceptors (Lipinski definition) is 4. The molecular weight excluding hydrogens is 321 g/mol. The van der Waals surface area contributed by atoms with Gasteiger partial charge in [0.1, 0.15) is 5.76 Å². The van der Waals surface area contributed by atoms with Gasteiger partial charge in [0.15, 0.2) is 0 Å². The fourth-order valence-electron chi connectivity index (χ4n) is 2.49. The van der Waals surface area contributed by atoms with Gasteiger partial charge in [-0.15, -0.1) is 0 Å². The maximum atomic E-state index is 6.33. The Morgan fingerprint density at radius 2 is 2.09 bits per heavy atom. The quantitative estimate of drug-likeness (QED) is 0.925. The second-order valence-electron chi connectivity index (χ2n) is 4.99. The minimum atomic E-state index is -0.566. The van der Waals surface area contributed by atoms with Gasteiger partial charge in [-0.05, 0) is 37.3 Å². The van der Waals surface area contributed by atoms with Crippen LogP contribution in [0.4, 0.5) is 0 Å². The van der Waals surface area contributed by atoms with Crippen LogP contribution < -0.4 is 5.73 Å². The monoisotopic (exact) mass is 335 g/mol. The summed E-state index contributed by atoms with van der Waals surface area (Å²) in [7, 11) is 0. The minimum Gasteiger partial charge on any atom is -0.460 e. The van der Waals surface area contributed by atoms with Crippen molar-refractivity contribution < 1.29 is 4.74 Å². The molecule has 114 valence electrons. The first-order chi connectivity index (χ1) is 10.6. The first-order valence-electron chi connectivity index (χ1n) is 6.81. The number of nitrogens with zero attached hydrogens (tertiary/aromatic N) is 2. The van der Waals surface area contributed by atoms with E-state index in [9.17, 15) is 0 Å². The number of pyridine rings is 1. The summed E-state index contributed by atoms with van der Waals surface area (Å²) in [6.45, 7) is 2.41. The van der Waals surface area contributed by atoms with Crippen LogP contribution in [0, 0.1) is 0 Å². The number of allylic oxidation sites excluding steroid dienone is 1. The van der Waals surface area contributed by atoms with Crippen molar-refractivity contribution in [3.8, 4) is 0 Å². The third kappa shape index (κ3) is 2.90. The average Bonchev–Trinajstić information content (AvgIpc) is 2.75. The number of aromatic nitrogens is 1. The van der Waals surface area contributed by atoms with Crippen molar-refractivity contribution in [2.45, 2.75) is 19.8 Å². The van der Waals surface area contributed by atoms with Gasteiger partial charge in [0.2, 0.25) is 6.35 Å². The van der Waals surface area contributed by atoms with Crippen molar-refractivity contribution >= 4 is 28.9 Å². The third-order valence-electron chi connectivity index (χ3n) is 3.47. The molecule has 0 bridgehead atoms. The average molecular weight is 336 g/mol. The summed E-state index contributed by atoms with van der Waals surface area (Å²) in [6, 6.07) is 11.1. The van der Waals surface area contributed by atoms with E-state index in [1.165, 1.54) is 0 Å². The van der Waals surface area contributed by atoms with Gasteiger partial charge in [-0.3, -0.25) is 10.7 Å². The molecule has 0 amide bonds. The first kappa shape index (κ1) is 15.2. The van der Waals surface area contributed by atoms with E-state index in [0.717, 1.165) is 22.7 Å². The molecule has 1 unspecified atom stereocenters. The lowest BCUT2D eigenvalue weighted by molar-refractivity contribution is 0.0483. The first-order valence-corrected chi connectivity index (χ1v) is 7.57. The van der Waals surface area contributed by atoms with Gasteiger partial charge in [0.25, 0.3) is 0 Å². The van der Waals surface area contributed by atoms with Gasteiger partial charge in [-0.25, -0.2) is 0 Å². The Balaban J connectivity index is 1.98. The molecule has 1 aromatic heterocycles. The topological polar surface area (TPSA) is 51.4 Å². The molecule has 0 aliphatic carbocycles. The van der Waals surface area contributed by atoms with Crippen molar-refractivity contribution in [3.05, 3.63) is 69.7 Å². The second-order valence-corrected chi connectivity index (χ2v) is 5.83. The third-order valence-corrected chi connectivity index (χ3v) is 4.02. The summed E-state index contributed by atoms with van der Waals surface area (Å²) in [5, 5.41) is 1.15. The normalized spacial score (nSPS) is 17.8. The predicted octanol–water partition coefficient (Wildman–Crippen LogP) is 3.85. The van der Waals surface area contributed by atoms with Crippen molar-refractivity contribution in [1.82, 2.24) is 9.88 Å². The summed E-state index contributed by atoms with van der Waals surface area (Å²) < 4.78 is 5.66. The molecule has 0 saturated carbocycles. The van der Waals surface area contributed by atoms with Gasteiger partial charge < -0.3 is 9.64 Å². The zero-order valence-corrected chi connectivity index (χ0v) is 13.5. The Kier molecular flexibility index (Phi) is 4.25. The molecule has 0 radical (unpaired) electrons. The van der Waals surface area contributed by atoms with Gasteiger partial charge in [-0.1, -0.05) is 29.3 Å². The van der Waals surface area contributed by atoms with Crippen LogP contribution in [-0.4, -0.2) is 16.2 Å². The molecule has 3 rings (SSSR count). The summed E-state index contributed by atoms with van der Waals surface area (Å²) in [5.74, 6) is 0.729. The Bertz CT molecular complexity index is 719. The van der Waals surface area contributed by atoms with Gasteiger partial charge in [0.05, 0.1) is 23.0 Å². The van der Waals surface area contributed by atoms with Gasteiger partial charge >= 0.3 is 0 Å². The number of nitrogens with two attached hydrogens (primary N) is 1. The van der Waals surface area contributed by atoms with Crippen LogP contribution in [0.3, 0.4) is 0 Å². The summed E-state index contributed by atoms with van der Waals surface area (Å²) in [5.41, 5.74) is 8.69. The summed E-state index contributed by atoms with van der Waals surface area (Å²) >= 11 is 12.3. The maximum absolute atomic E-state index is 6.33. The zero-order chi connectivity index (χ0) is 15.7.